The number of anilines is 1. The van der Waals surface area contributed by atoms with E-state index < -0.39 is 0 Å². The van der Waals surface area contributed by atoms with Crippen LogP contribution in [0.15, 0.2) is 89.3 Å². The Balaban J connectivity index is 1.31. The lowest BCUT2D eigenvalue weighted by Gasteiger charge is -2.07. The summed E-state index contributed by atoms with van der Waals surface area (Å²) in [5.41, 5.74) is 10.9. The highest BCUT2D eigenvalue weighted by atomic mass is 35.5. The first-order chi connectivity index (χ1) is 18.0. The minimum Gasteiger partial charge on any atom is -0.495 e. The first kappa shape index (κ1) is 24.5. The smallest absolute Gasteiger partial charge is 0.201 e. The molecule has 0 spiro atoms. The molecule has 0 aliphatic carbocycles. The molecule has 2 aromatic heterocycles. The van der Waals surface area contributed by atoms with Crippen LogP contribution >= 0.6 is 11.6 Å². The van der Waals surface area contributed by atoms with Gasteiger partial charge in [-0.05, 0) is 59.9 Å². The molecule has 186 valence electrons. The predicted octanol–water partition coefficient (Wildman–Crippen LogP) is 5.46. The highest BCUT2D eigenvalue weighted by Gasteiger charge is 2.09. The Bertz CT molecular complexity index is 1620. The van der Waals surface area contributed by atoms with E-state index in [0.717, 1.165) is 29.3 Å². The number of hydrogen-bond donors (Lipinski definition) is 1. The number of ether oxygens (including phenoxy) is 1. The number of aryl methyl sites for hydroxylation is 2. The zero-order valence-corrected chi connectivity index (χ0v) is 21.4. The van der Waals surface area contributed by atoms with E-state index in [2.05, 4.69) is 60.1 Å². The van der Waals surface area contributed by atoms with Crippen molar-refractivity contribution in [2.24, 2.45) is 0 Å². The second-order valence-corrected chi connectivity index (χ2v) is 9.29. The number of nitrogens with two attached hydrogens (primary N) is 1. The summed E-state index contributed by atoms with van der Waals surface area (Å²) < 4.78 is 13.2. The van der Waals surface area contributed by atoms with Crippen LogP contribution in [-0.2, 0) is 19.4 Å². The van der Waals surface area contributed by atoms with Gasteiger partial charge in [0.05, 0.1) is 29.4 Å². The average molecular weight is 510 g/mol. The summed E-state index contributed by atoms with van der Waals surface area (Å²) in [6.07, 6.45) is 3.87. The molecule has 0 bridgehead atoms. The van der Waals surface area contributed by atoms with Gasteiger partial charge in [-0.2, -0.15) is 0 Å². The Labute approximate surface area is 221 Å². The molecule has 0 amide bonds. The van der Waals surface area contributed by atoms with E-state index in [1.165, 1.54) is 11.1 Å². The maximum absolute atomic E-state index is 6.26. The van der Waals surface area contributed by atoms with E-state index in [4.69, 9.17) is 26.5 Å². The van der Waals surface area contributed by atoms with Crippen LogP contribution in [0, 0.1) is 0 Å². The number of nitrogens with zero attached hydrogens (tertiary/aromatic N) is 2. The first-order valence-electron chi connectivity index (χ1n) is 12.1. The molecule has 5 nitrogen and oxygen atoms in total. The molecule has 5 rings (SSSR count). The minimum absolute atomic E-state index is 0.415. The number of nitrogen functional groups attached to an aromatic ring is 1. The zero-order valence-electron chi connectivity index (χ0n) is 20.7. The van der Waals surface area contributed by atoms with E-state index in [1.807, 2.05) is 47.0 Å². The van der Waals surface area contributed by atoms with Crippen LogP contribution < -0.4 is 21.2 Å². The highest BCUT2D eigenvalue weighted by Crippen LogP contribution is 2.31. The van der Waals surface area contributed by atoms with Crippen LogP contribution in [0.4, 0.5) is 5.95 Å². The number of benzene rings is 3. The van der Waals surface area contributed by atoms with E-state index in [-0.39, 0.29) is 0 Å². The van der Waals surface area contributed by atoms with Crippen LogP contribution in [0.3, 0.4) is 0 Å². The van der Waals surface area contributed by atoms with E-state index in [9.17, 15) is 0 Å². The molecule has 0 aliphatic rings. The third-order valence-electron chi connectivity index (χ3n) is 6.38. The topological polar surface area (TPSA) is 66.2 Å². The monoisotopic (exact) mass is 509 g/mol. The van der Waals surface area contributed by atoms with Crippen molar-refractivity contribution in [2.45, 2.75) is 19.4 Å². The SMILES string of the molecule is C=c1/c(=C\c2ccc(-c3ccc(OC)c(Cl)c3)o2)nc(N)n1Cc1ccc(CCc2ccccc2)cc1. The van der Waals surface area contributed by atoms with Gasteiger partial charge in [-0.15, -0.1) is 0 Å². The Hall–Kier alpha value is -4.22. The maximum atomic E-state index is 6.26. The molecule has 0 unspecified atom stereocenters. The van der Waals surface area contributed by atoms with Crippen molar-refractivity contribution in [1.29, 1.82) is 0 Å². The summed E-state index contributed by atoms with van der Waals surface area (Å²) in [7, 11) is 1.59. The molecule has 37 heavy (non-hydrogen) atoms. The van der Waals surface area contributed by atoms with Crippen molar-refractivity contribution in [3.05, 3.63) is 123 Å². The van der Waals surface area contributed by atoms with Gasteiger partial charge in [-0.25, -0.2) is 4.98 Å². The van der Waals surface area contributed by atoms with E-state index >= 15 is 0 Å². The third kappa shape index (κ3) is 5.63. The number of rotatable bonds is 8. The molecule has 3 aromatic carbocycles. The average Bonchev–Trinajstić information content (AvgIpc) is 3.49. The van der Waals surface area contributed by atoms with Gasteiger partial charge in [-0.1, -0.05) is 72.8 Å². The Morgan fingerprint density at radius 3 is 2.35 bits per heavy atom. The zero-order chi connectivity index (χ0) is 25.8. The van der Waals surface area contributed by atoms with Crippen LogP contribution in [0.1, 0.15) is 22.5 Å². The van der Waals surface area contributed by atoms with E-state index in [0.29, 0.717) is 40.1 Å². The summed E-state index contributed by atoms with van der Waals surface area (Å²) in [5.74, 6) is 2.38. The van der Waals surface area contributed by atoms with Crippen molar-refractivity contribution in [2.75, 3.05) is 12.8 Å². The van der Waals surface area contributed by atoms with Crippen LogP contribution in [-0.4, -0.2) is 16.7 Å². The molecule has 0 fully saturated rings. The molecular formula is C31H28ClN3O2. The summed E-state index contributed by atoms with van der Waals surface area (Å²) in [6.45, 7) is 4.82. The van der Waals surface area contributed by atoms with Crippen molar-refractivity contribution in [3.8, 4) is 17.1 Å². The molecule has 6 heteroatoms. The Morgan fingerprint density at radius 2 is 1.65 bits per heavy atom. The highest BCUT2D eigenvalue weighted by molar-refractivity contribution is 6.32. The Kier molecular flexibility index (Phi) is 7.15. The van der Waals surface area contributed by atoms with Gasteiger partial charge in [-0.3, -0.25) is 0 Å². The van der Waals surface area contributed by atoms with Gasteiger partial charge in [0.15, 0.2) is 0 Å². The fourth-order valence-corrected chi connectivity index (χ4v) is 4.54. The molecule has 0 radical (unpaired) electrons. The molecule has 0 saturated carbocycles. The van der Waals surface area contributed by atoms with Crippen LogP contribution in [0.25, 0.3) is 24.0 Å². The van der Waals surface area contributed by atoms with Crippen molar-refractivity contribution >= 4 is 30.2 Å². The molecular weight excluding hydrogens is 482 g/mol. The molecule has 2 N–H and O–H groups in total. The lowest BCUT2D eigenvalue weighted by molar-refractivity contribution is 0.415. The molecule has 0 saturated heterocycles. The number of aromatic nitrogens is 2. The number of hydrogen-bond acceptors (Lipinski definition) is 4. The van der Waals surface area contributed by atoms with Crippen molar-refractivity contribution in [3.63, 3.8) is 0 Å². The molecule has 0 atom stereocenters. The van der Waals surface area contributed by atoms with Gasteiger partial charge in [0.2, 0.25) is 5.95 Å². The predicted molar refractivity (Wildman–Crippen MR) is 150 cm³/mol. The Morgan fingerprint density at radius 1 is 0.946 bits per heavy atom. The van der Waals surface area contributed by atoms with Gasteiger partial charge < -0.3 is 19.5 Å². The van der Waals surface area contributed by atoms with Crippen LogP contribution in [0.5, 0.6) is 5.75 Å². The number of halogens is 1. The number of furan rings is 1. The second-order valence-electron chi connectivity index (χ2n) is 8.89. The largest absolute Gasteiger partial charge is 0.495 e. The van der Waals surface area contributed by atoms with Crippen molar-refractivity contribution in [1.82, 2.24) is 9.55 Å². The number of imidazole rings is 1. The minimum atomic E-state index is 0.415. The third-order valence-corrected chi connectivity index (χ3v) is 6.68. The van der Waals surface area contributed by atoms with Gasteiger partial charge >= 0.3 is 0 Å². The maximum Gasteiger partial charge on any atom is 0.201 e. The quantitative estimate of drug-likeness (QED) is 0.301. The van der Waals surface area contributed by atoms with E-state index in [1.54, 1.807) is 7.11 Å². The fraction of sp³-hybridized carbons (Fsp3) is 0.129. The molecule has 2 heterocycles. The van der Waals surface area contributed by atoms with Crippen molar-refractivity contribution < 1.29 is 9.15 Å². The summed E-state index contributed by atoms with van der Waals surface area (Å²) in [4.78, 5) is 4.53. The lowest BCUT2D eigenvalue weighted by atomic mass is 10.0. The first-order valence-corrected chi connectivity index (χ1v) is 12.5. The van der Waals surface area contributed by atoms with Gasteiger partial charge in [0, 0.05) is 11.6 Å². The van der Waals surface area contributed by atoms with Gasteiger partial charge in [0.25, 0.3) is 0 Å². The summed E-state index contributed by atoms with van der Waals surface area (Å²) in [6, 6.07) is 28.5. The standard InChI is InChI=1S/C31H28ClN3O2/c1-21-28(19-26-15-17-29(37-26)25-14-16-30(36-2)27(32)18-25)34-31(33)35(21)20-24-12-10-23(11-13-24)9-8-22-6-4-3-5-7-22/h3-7,10-19H,1,8-9,20H2,2H3,(H2,33,34)/b28-19+. The fourth-order valence-electron chi connectivity index (χ4n) is 4.28. The number of methoxy groups -OCH3 is 1. The second kappa shape index (κ2) is 10.8. The van der Waals surface area contributed by atoms with Gasteiger partial charge in [0.1, 0.15) is 17.3 Å². The molecule has 0 aliphatic heterocycles. The summed E-state index contributed by atoms with van der Waals surface area (Å²) >= 11 is 6.26. The summed E-state index contributed by atoms with van der Waals surface area (Å²) in [5, 5.41) is 1.93. The normalized spacial score (nSPS) is 11.7. The lowest BCUT2D eigenvalue weighted by Crippen LogP contribution is -2.29. The van der Waals surface area contributed by atoms with Crippen LogP contribution in [0.2, 0.25) is 5.02 Å². The molecule has 5 aromatic rings.